The molecular formula is C8H8N2OS2. The second-order valence-electron chi connectivity index (χ2n) is 2.47. The summed E-state index contributed by atoms with van der Waals surface area (Å²) in [6.07, 6.45) is 0. The Hall–Kier alpha value is -0.780. The molecule has 5 heteroatoms. The molecule has 68 valence electrons. The van der Waals surface area contributed by atoms with Crippen LogP contribution in [0.3, 0.4) is 0 Å². The number of rotatable bonds is 4. The summed E-state index contributed by atoms with van der Waals surface area (Å²) in [5.41, 5.74) is 1.97. The van der Waals surface area contributed by atoms with E-state index in [1.54, 1.807) is 0 Å². The summed E-state index contributed by atoms with van der Waals surface area (Å²) in [6.45, 7) is 1.14. The van der Waals surface area contributed by atoms with Crippen molar-refractivity contribution in [2.75, 3.05) is 0 Å². The smallest absolute Gasteiger partial charge is 0.0904 e. The molecule has 0 unspecified atom stereocenters. The third-order valence-electron chi connectivity index (χ3n) is 1.48. The van der Waals surface area contributed by atoms with Gasteiger partial charge in [0.15, 0.2) is 0 Å². The van der Waals surface area contributed by atoms with Crippen LogP contribution in [0.4, 0.5) is 0 Å². The zero-order valence-corrected chi connectivity index (χ0v) is 8.48. The molecular weight excluding hydrogens is 204 g/mol. The lowest BCUT2D eigenvalue weighted by atomic mass is 10.4. The average molecular weight is 212 g/mol. The van der Waals surface area contributed by atoms with Crippen molar-refractivity contribution in [3.63, 3.8) is 0 Å². The number of ether oxygens (including phenoxy) is 1. The zero-order chi connectivity index (χ0) is 8.93. The van der Waals surface area contributed by atoms with E-state index in [4.69, 9.17) is 4.74 Å². The fraction of sp³-hybridized carbons (Fsp3) is 0.250. The van der Waals surface area contributed by atoms with E-state index in [0.717, 1.165) is 11.4 Å². The third kappa shape index (κ3) is 2.58. The Morgan fingerprint density at radius 3 is 1.92 bits per heavy atom. The molecule has 2 rings (SSSR count). The molecule has 0 saturated carbocycles. The van der Waals surface area contributed by atoms with Gasteiger partial charge in [-0.25, -0.2) is 0 Å². The van der Waals surface area contributed by atoms with Crippen molar-refractivity contribution >= 4 is 23.1 Å². The van der Waals surface area contributed by atoms with Crippen molar-refractivity contribution in [1.29, 1.82) is 0 Å². The van der Waals surface area contributed by atoms with Crippen molar-refractivity contribution in [2.24, 2.45) is 0 Å². The molecule has 2 heterocycles. The van der Waals surface area contributed by atoms with Crippen molar-refractivity contribution in [3.8, 4) is 0 Å². The summed E-state index contributed by atoms with van der Waals surface area (Å²) in [7, 11) is 0. The number of aromatic nitrogens is 2. The van der Waals surface area contributed by atoms with Crippen LogP contribution in [0.1, 0.15) is 11.4 Å². The van der Waals surface area contributed by atoms with Gasteiger partial charge in [-0.3, -0.25) is 0 Å². The Bertz CT molecular complexity index is 297. The summed E-state index contributed by atoms with van der Waals surface area (Å²) in [5.74, 6) is 0. The topological polar surface area (TPSA) is 35.0 Å². The first kappa shape index (κ1) is 8.80. The molecule has 3 nitrogen and oxygen atoms in total. The largest absolute Gasteiger partial charge is 0.369 e. The van der Waals surface area contributed by atoms with Gasteiger partial charge in [-0.2, -0.15) is 8.75 Å². The fourth-order valence-electron chi connectivity index (χ4n) is 0.884. The molecule has 0 aliphatic carbocycles. The van der Waals surface area contributed by atoms with Crippen LogP contribution in [0.25, 0.3) is 0 Å². The summed E-state index contributed by atoms with van der Waals surface area (Å²) in [4.78, 5) is 0. The maximum atomic E-state index is 5.41. The van der Waals surface area contributed by atoms with Crippen molar-refractivity contribution < 1.29 is 4.74 Å². The van der Waals surface area contributed by atoms with Gasteiger partial charge in [0, 0.05) is 10.8 Å². The molecule has 13 heavy (non-hydrogen) atoms. The Balaban J connectivity index is 1.76. The van der Waals surface area contributed by atoms with Gasteiger partial charge in [0.05, 0.1) is 24.6 Å². The van der Waals surface area contributed by atoms with E-state index in [9.17, 15) is 0 Å². The summed E-state index contributed by atoms with van der Waals surface area (Å²) in [5, 5.41) is 3.89. The molecule has 0 aromatic carbocycles. The minimum Gasteiger partial charge on any atom is -0.369 e. The van der Waals surface area contributed by atoms with Gasteiger partial charge in [-0.15, -0.1) is 0 Å². The van der Waals surface area contributed by atoms with Crippen LogP contribution in [0, 0.1) is 0 Å². The zero-order valence-electron chi connectivity index (χ0n) is 6.84. The van der Waals surface area contributed by atoms with Gasteiger partial charge in [0.25, 0.3) is 0 Å². The predicted molar refractivity (Wildman–Crippen MR) is 52.7 cm³/mol. The highest BCUT2D eigenvalue weighted by molar-refractivity contribution is 7.03. The van der Waals surface area contributed by atoms with E-state index in [1.807, 2.05) is 22.9 Å². The average Bonchev–Trinajstić information content (AvgIpc) is 2.75. The van der Waals surface area contributed by atoms with E-state index in [1.165, 1.54) is 23.1 Å². The number of nitrogens with zero attached hydrogens (tertiary/aromatic N) is 2. The van der Waals surface area contributed by atoms with Crippen LogP contribution >= 0.6 is 23.1 Å². The minimum atomic E-state index is 0.570. The maximum absolute atomic E-state index is 5.41. The van der Waals surface area contributed by atoms with Crippen LogP contribution < -0.4 is 0 Å². The Labute approximate surface area is 84.3 Å². The molecule has 0 atom stereocenters. The Morgan fingerprint density at radius 2 is 1.54 bits per heavy atom. The molecule has 0 aliphatic heterocycles. The molecule has 0 spiro atoms. The highest BCUT2D eigenvalue weighted by Crippen LogP contribution is 2.05. The van der Waals surface area contributed by atoms with Gasteiger partial charge in [-0.1, -0.05) is 0 Å². The van der Waals surface area contributed by atoms with Gasteiger partial charge < -0.3 is 4.74 Å². The standard InChI is InChI=1S/C8H8N2OS2/c1-3-12-9-7(1)5-11-6-8-2-4-13-10-8/h1-4H,5-6H2. The first-order valence-electron chi connectivity index (χ1n) is 3.81. The molecule has 0 bridgehead atoms. The second-order valence-corrected chi connectivity index (χ2v) is 3.81. The van der Waals surface area contributed by atoms with Crippen LogP contribution in [-0.4, -0.2) is 8.75 Å². The first-order valence-corrected chi connectivity index (χ1v) is 5.49. The van der Waals surface area contributed by atoms with Gasteiger partial charge >= 0.3 is 0 Å². The SMILES string of the molecule is c1cc(COCc2ccsn2)ns1. The molecule has 0 amide bonds. The van der Waals surface area contributed by atoms with Crippen LogP contribution in [0.2, 0.25) is 0 Å². The van der Waals surface area contributed by atoms with Crippen molar-refractivity contribution in [3.05, 3.63) is 34.3 Å². The molecule has 2 aromatic heterocycles. The second kappa shape index (κ2) is 4.45. The summed E-state index contributed by atoms with van der Waals surface area (Å²) in [6, 6.07) is 3.93. The van der Waals surface area contributed by atoms with Crippen molar-refractivity contribution in [1.82, 2.24) is 8.75 Å². The number of hydrogen-bond donors (Lipinski definition) is 0. The molecule has 0 radical (unpaired) electrons. The lowest BCUT2D eigenvalue weighted by Gasteiger charge is -1.97. The van der Waals surface area contributed by atoms with Crippen LogP contribution in [0.15, 0.2) is 22.9 Å². The Morgan fingerprint density at radius 1 is 1.00 bits per heavy atom. The van der Waals surface area contributed by atoms with E-state index in [2.05, 4.69) is 8.75 Å². The van der Waals surface area contributed by atoms with E-state index < -0.39 is 0 Å². The lowest BCUT2D eigenvalue weighted by molar-refractivity contribution is 0.103. The minimum absolute atomic E-state index is 0.570. The van der Waals surface area contributed by atoms with Crippen molar-refractivity contribution in [2.45, 2.75) is 13.2 Å². The molecule has 0 N–H and O–H groups in total. The molecule has 0 aliphatic rings. The van der Waals surface area contributed by atoms with Crippen LogP contribution in [0.5, 0.6) is 0 Å². The first-order chi connectivity index (χ1) is 6.45. The lowest BCUT2D eigenvalue weighted by Crippen LogP contribution is -1.93. The summed E-state index contributed by atoms with van der Waals surface area (Å²) >= 11 is 2.89. The highest BCUT2D eigenvalue weighted by atomic mass is 32.1. The highest BCUT2D eigenvalue weighted by Gasteiger charge is 1.97. The molecule has 0 fully saturated rings. The number of hydrogen-bond acceptors (Lipinski definition) is 5. The monoisotopic (exact) mass is 212 g/mol. The van der Waals surface area contributed by atoms with E-state index >= 15 is 0 Å². The maximum Gasteiger partial charge on any atom is 0.0904 e. The fourth-order valence-corrected chi connectivity index (χ4v) is 1.94. The predicted octanol–water partition coefficient (Wildman–Crippen LogP) is 2.32. The van der Waals surface area contributed by atoms with Gasteiger partial charge in [0.1, 0.15) is 0 Å². The third-order valence-corrected chi connectivity index (χ3v) is 2.68. The van der Waals surface area contributed by atoms with E-state index in [0.29, 0.717) is 13.2 Å². The molecule has 2 aromatic rings. The molecule has 0 saturated heterocycles. The van der Waals surface area contributed by atoms with Crippen LogP contribution in [-0.2, 0) is 18.0 Å². The quantitative estimate of drug-likeness (QED) is 0.780. The van der Waals surface area contributed by atoms with Gasteiger partial charge in [0.2, 0.25) is 0 Å². The van der Waals surface area contributed by atoms with E-state index in [-0.39, 0.29) is 0 Å². The normalized spacial score (nSPS) is 10.5. The van der Waals surface area contributed by atoms with Gasteiger partial charge in [-0.05, 0) is 35.2 Å². The summed E-state index contributed by atoms with van der Waals surface area (Å²) < 4.78 is 13.7. The Kier molecular flexibility index (Phi) is 3.02.